The third-order valence-corrected chi connectivity index (χ3v) is 3.25. The summed E-state index contributed by atoms with van der Waals surface area (Å²) in [5.41, 5.74) is 1.35. The summed E-state index contributed by atoms with van der Waals surface area (Å²) in [5, 5.41) is 33.3. The van der Waals surface area contributed by atoms with Crippen molar-refractivity contribution in [1.82, 2.24) is 5.32 Å². The van der Waals surface area contributed by atoms with Gasteiger partial charge in [-0.2, -0.15) is 0 Å². The van der Waals surface area contributed by atoms with Crippen molar-refractivity contribution in [2.24, 2.45) is 0 Å². The van der Waals surface area contributed by atoms with Crippen LogP contribution in [-0.4, -0.2) is 15.1 Å². The second-order valence-corrected chi connectivity index (χ2v) is 4.74. The van der Waals surface area contributed by atoms with E-state index in [1.165, 1.54) is 24.3 Å². The van der Waals surface area contributed by atoms with Crippen LogP contribution in [0.5, 0.6) is 11.5 Å². The number of phenols is 2. The number of rotatable bonds is 5. The first-order valence-corrected chi connectivity index (χ1v) is 6.46. The molecule has 0 saturated heterocycles. The Hall–Kier alpha value is -2.60. The number of benzene rings is 2. The summed E-state index contributed by atoms with van der Waals surface area (Å²) < 4.78 is 0. The summed E-state index contributed by atoms with van der Waals surface area (Å²) in [5.74, 6) is 0.0531. The molecule has 2 aromatic rings. The van der Waals surface area contributed by atoms with Crippen molar-refractivity contribution in [2.75, 3.05) is 0 Å². The van der Waals surface area contributed by atoms with Gasteiger partial charge in [-0.1, -0.05) is 18.2 Å². The van der Waals surface area contributed by atoms with E-state index in [9.17, 15) is 20.3 Å². The number of hydrogen-bond acceptors (Lipinski definition) is 5. The number of nitrogens with zero attached hydrogens (tertiary/aromatic N) is 1. The van der Waals surface area contributed by atoms with Crippen LogP contribution in [0.3, 0.4) is 0 Å². The van der Waals surface area contributed by atoms with Gasteiger partial charge in [-0.15, -0.1) is 0 Å². The lowest BCUT2D eigenvalue weighted by molar-refractivity contribution is -0.384. The summed E-state index contributed by atoms with van der Waals surface area (Å²) in [4.78, 5) is 10.1. The number of nitro groups is 1. The molecule has 110 valence electrons. The zero-order chi connectivity index (χ0) is 15.4. The Kier molecular flexibility index (Phi) is 4.39. The van der Waals surface area contributed by atoms with Gasteiger partial charge in [0.2, 0.25) is 0 Å². The van der Waals surface area contributed by atoms with E-state index >= 15 is 0 Å². The van der Waals surface area contributed by atoms with Crippen molar-refractivity contribution in [1.29, 1.82) is 0 Å². The number of hydrogen-bond donors (Lipinski definition) is 3. The highest BCUT2D eigenvalue weighted by Gasteiger charge is 2.14. The molecule has 2 aromatic carbocycles. The monoisotopic (exact) mass is 288 g/mol. The smallest absolute Gasteiger partial charge is 0.269 e. The highest BCUT2D eigenvalue weighted by Crippen LogP contribution is 2.32. The molecular weight excluding hydrogens is 272 g/mol. The Balaban J connectivity index is 2.04. The fraction of sp³-hybridized carbons (Fsp3) is 0.200. The second-order valence-electron chi connectivity index (χ2n) is 4.74. The third-order valence-electron chi connectivity index (χ3n) is 3.25. The van der Waals surface area contributed by atoms with Gasteiger partial charge < -0.3 is 15.5 Å². The van der Waals surface area contributed by atoms with E-state index in [2.05, 4.69) is 5.32 Å². The lowest BCUT2D eigenvalue weighted by Crippen LogP contribution is -2.18. The molecule has 2 rings (SSSR count). The van der Waals surface area contributed by atoms with Crippen molar-refractivity contribution in [3.63, 3.8) is 0 Å². The standard InChI is InChI=1S/C15H16N2O4/c1-10(15-13(18)3-2-4-14(15)19)16-9-11-5-7-12(8-6-11)17(20)21/h2-8,10,16,18-19H,9H2,1H3. The van der Waals surface area contributed by atoms with E-state index in [4.69, 9.17) is 0 Å². The van der Waals surface area contributed by atoms with E-state index in [0.29, 0.717) is 12.1 Å². The molecule has 3 N–H and O–H groups in total. The molecule has 0 amide bonds. The van der Waals surface area contributed by atoms with E-state index in [-0.39, 0.29) is 23.2 Å². The van der Waals surface area contributed by atoms with Crippen LogP contribution in [0.4, 0.5) is 5.69 Å². The summed E-state index contributed by atoms with van der Waals surface area (Å²) >= 11 is 0. The SMILES string of the molecule is CC(NCc1ccc([N+](=O)[O-])cc1)c1c(O)cccc1O. The molecule has 0 aliphatic rings. The van der Waals surface area contributed by atoms with Crippen LogP contribution >= 0.6 is 0 Å². The lowest BCUT2D eigenvalue weighted by atomic mass is 10.1. The summed E-state index contributed by atoms with van der Waals surface area (Å²) in [6.07, 6.45) is 0. The molecule has 0 saturated carbocycles. The topological polar surface area (TPSA) is 95.6 Å². The summed E-state index contributed by atoms with van der Waals surface area (Å²) in [6.45, 7) is 2.28. The number of aromatic hydroxyl groups is 2. The number of nitro benzene ring substituents is 1. The van der Waals surface area contributed by atoms with Crippen molar-refractivity contribution in [2.45, 2.75) is 19.5 Å². The minimum absolute atomic E-state index is 0.0266. The fourth-order valence-electron chi connectivity index (χ4n) is 2.09. The summed E-state index contributed by atoms with van der Waals surface area (Å²) in [6, 6.07) is 10.6. The van der Waals surface area contributed by atoms with Crippen LogP contribution in [0, 0.1) is 10.1 Å². The fourth-order valence-corrected chi connectivity index (χ4v) is 2.09. The average Bonchev–Trinajstić information content (AvgIpc) is 2.45. The van der Waals surface area contributed by atoms with Crippen LogP contribution in [0.15, 0.2) is 42.5 Å². The Labute approximate surface area is 121 Å². The molecule has 0 aromatic heterocycles. The van der Waals surface area contributed by atoms with Crippen molar-refractivity contribution >= 4 is 5.69 Å². The van der Waals surface area contributed by atoms with E-state index < -0.39 is 4.92 Å². The van der Waals surface area contributed by atoms with Crippen LogP contribution in [0.25, 0.3) is 0 Å². The number of nitrogens with one attached hydrogen (secondary N) is 1. The van der Waals surface area contributed by atoms with Gasteiger partial charge in [0.15, 0.2) is 0 Å². The molecule has 0 fully saturated rings. The Morgan fingerprint density at radius 3 is 2.24 bits per heavy atom. The maximum atomic E-state index is 10.6. The molecule has 0 aliphatic heterocycles. The first kappa shape index (κ1) is 14.8. The van der Waals surface area contributed by atoms with E-state index in [0.717, 1.165) is 5.56 Å². The molecular formula is C15H16N2O4. The molecule has 6 heteroatoms. The molecule has 0 aliphatic carbocycles. The van der Waals surface area contributed by atoms with Crippen LogP contribution in [0.1, 0.15) is 24.1 Å². The summed E-state index contributed by atoms with van der Waals surface area (Å²) in [7, 11) is 0. The van der Waals surface area contributed by atoms with Gasteiger partial charge in [-0.3, -0.25) is 10.1 Å². The van der Waals surface area contributed by atoms with Crippen molar-refractivity contribution in [3.8, 4) is 11.5 Å². The molecule has 21 heavy (non-hydrogen) atoms. The van der Waals surface area contributed by atoms with Crippen molar-refractivity contribution < 1.29 is 15.1 Å². The van der Waals surface area contributed by atoms with Gasteiger partial charge in [-0.25, -0.2) is 0 Å². The van der Waals surface area contributed by atoms with Gasteiger partial charge in [0.05, 0.1) is 10.5 Å². The second kappa shape index (κ2) is 6.23. The largest absolute Gasteiger partial charge is 0.507 e. The Morgan fingerprint density at radius 1 is 1.14 bits per heavy atom. The minimum Gasteiger partial charge on any atom is -0.507 e. The lowest BCUT2D eigenvalue weighted by Gasteiger charge is -2.16. The van der Waals surface area contributed by atoms with Crippen LogP contribution in [0.2, 0.25) is 0 Å². The van der Waals surface area contributed by atoms with Crippen LogP contribution in [-0.2, 0) is 6.54 Å². The maximum Gasteiger partial charge on any atom is 0.269 e. The van der Waals surface area contributed by atoms with E-state index in [1.807, 2.05) is 6.92 Å². The molecule has 0 radical (unpaired) electrons. The first-order chi connectivity index (χ1) is 9.99. The zero-order valence-corrected chi connectivity index (χ0v) is 11.5. The average molecular weight is 288 g/mol. The van der Waals surface area contributed by atoms with Gasteiger partial charge in [0, 0.05) is 24.7 Å². The quantitative estimate of drug-likeness (QED) is 0.580. The molecule has 1 atom stereocenters. The molecule has 1 unspecified atom stereocenters. The minimum atomic E-state index is -0.445. The van der Waals surface area contributed by atoms with E-state index in [1.54, 1.807) is 18.2 Å². The van der Waals surface area contributed by atoms with Gasteiger partial charge in [-0.05, 0) is 24.6 Å². The molecule has 0 spiro atoms. The molecule has 0 heterocycles. The normalized spacial score (nSPS) is 12.0. The number of non-ortho nitro benzene ring substituents is 1. The van der Waals surface area contributed by atoms with Crippen LogP contribution < -0.4 is 5.32 Å². The predicted molar refractivity (Wildman–Crippen MR) is 78.1 cm³/mol. The Morgan fingerprint density at radius 2 is 1.71 bits per heavy atom. The maximum absolute atomic E-state index is 10.6. The Bertz CT molecular complexity index is 620. The molecule has 6 nitrogen and oxygen atoms in total. The molecule has 0 bridgehead atoms. The third kappa shape index (κ3) is 3.49. The highest BCUT2D eigenvalue weighted by atomic mass is 16.6. The number of phenolic OH excluding ortho intramolecular Hbond substituents is 2. The van der Waals surface area contributed by atoms with Gasteiger partial charge >= 0.3 is 0 Å². The predicted octanol–water partition coefficient (Wildman–Crippen LogP) is 2.86. The highest BCUT2D eigenvalue weighted by molar-refractivity contribution is 5.45. The zero-order valence-electron chi connectivity index (χ0n) is 11.5. The first-order valence-electron chi connectivity index (χ1n) is 6.46. The van der Waals surface area contributed by atoms with Gasteiger partial charge in [0.1, 0.15) is 11.5 Å². The van der Waals surface area contributed by atoms with Crippen molar-refractivity contribution in [3.05, 3.63) is 63.7 Å². The van der Waals surface area contributed by atoms with Gasteiger partial charge in [0.25, 0.3) is 5.69 Å².